The largest absolute Gasteiger partial charge is 0.480 e. The Labute approximate surface area is 119 Å². The molecule has 2 amide bonds. The molecule has 1 rings (SSSR count). The molecule has 0 bridgehead atoms. The maximum atomic E-state index is 11.7. The summed E-state index contributed by atoms with van der Waals surface area (Å²) in [5.74, 6) is -1.00. The molecule has 110 valence electrons. The van der Waals surface area contributed by atoms with Crippen LogP contribution in [0.3, 0.4) is 0 Å². The van der Waals surface area contributed by atoms with E-state index in [2.05, 4.69) is 17.6 Å². The van der Waals surface area contributed by atoms with Crippen LogP contribution in [0, 0.1) is 0 Å². The van der Waals surface area contributed by atoms with Crippen LogP contribution in [0.25, 0.3) is 0 Å². The molecule has 0 spiro atoms. The summed E-state index contributed by atoms with van der Waals surface area (Å²) >= 11 is 0. The van der Waals surface area contributed by atoms with Crippen LogP contribution in [-0.4, -0.2) is 23.1 Å². The minimum absolute atomic E-state index is 0.397. The van der Waals surface area contributed by atoms with Crippen molar-refractivity contribution >= 4 is 12.0 Å². The van der Waals surface area contributed by atoms with Gasteiger partial charge in [0.1, 0.15) is 6.04 Å². The molecule has 1 aromatic carbocycles. The standard InChI is InChI=1S/C15H22N2O3/c1-3-7-13(14(18)19)17-15(20)16-10-12-9-6-5-8-11(12)4-2/h5-6,8-9,13H,3-4,7,10H2,1-2H3,(H,18,19)(H2,16,17,20)/t13-/m0/s1. The molecule has 0 aliphatic heterocycles. The van der Waals surface area contributed by atoms with Gasteiger partial charge < -0.3 is 15.7 Å². The molecule has 0 aliphatic rings. The van der Waals surface area contributed by atoms with Gasteiger partial charge in [0.2, 0.25) is 0 Å². The van der Waals surface area contributed by atoms with E-state index in [0.29, 0.717) is 19.4 Å². The van der Waals surface area contributed by atoms with E-state index in [1.54, 1.807) is 0 Å². The first kappa shape index (κ1) is 16.0. The number of carbonyl (C=O) groups is 2. The fourth-order valence-electron chi connectivity index (χ4n) is 2.01. The Morgan fingerprint density at radius 3 is 2.40 bits per heavy atom. The number of benzene rings is 1. The number of urea groups is 1. The third kappa shape index (κ3) is 4.91. The number of hydrogen-bond acceptors (Lipinski definition) is 2. The first-order valence-electron chi connectivity index (χ1n) is 6.92. The topological polar surface area (TPSA) is 78.4 Å². The first-order chi connectivity index (χ1) is 9.58. The summed E-state index contributed by atoms with van der Waals surface area (Å²) in [4.78, 5) is 22.7. The van der Waals surface area contributed by atoms with Gasteiger partial charge in [0.05, 0.1) is 0 Å². The van der Waals surface area contributed by atoms with Crippen molar-refractivity contribution in [3.63, 3.8) is 0 Å². The average molecular weight is 278 g/mol. The van der Waals surface area contributed by atoms with Gasteiger partial charge in [-0.3, -0.25) is 0 Å². The van der Waals surface area contributed by atoms with E-state index < -0.39 is 18.0 Å². The highest BCUT2D eigenvalue weighted by Gasteiger charge is 2.18. The number of nitrogens with one attached hydrogen (secondary N) is 2. The molecule has 0 saturated carbocycles. The highest BCUT2D eigenvalue weighted by Crippen LogP contribution is 2.08. The zero-order valence-electron chi connectivity index (χ0n) is 12.0. The molecule has 0 saturated heterocycles. The van der Waals surface area contributed by atoms with E-state index in [-0.39, 0.29) is 0 Å². The van der Waals surface area contributed by atoms with Crippen LogP contribution in [-0.2, 0) is 17.8 Å². The lowest BCUT2D eigenvalue weighted by molar-refractivity contribution is -0.139. The van der Waals surface area contributed by atoms with Crippen molar-refractivity contribution in [3.05, 3.63) is 35.4 Å². The Kier molecular flexibility index (Phi) is 6.56. The van der Waals surface area contributed by atoms with E-state index >= 15 is 0 Å². The number of carbonyl (C=O) groups excluding carboxylic acids is 1. The van der Waals surface area contributed by atoms with Crippen LogP contribution in [0.5, 0.6) is 0 Å². The third-order valence-electron chi connectivity index (χ3n) is 3.12. The van der Waals surface area contributed by atoms with E-state index in [9.17, 15) is 9.59 Å². The second-order valence-corrected chi connectivity index (χ2v) is 4.63. The Morgan fingerprint density at radius 1 is 1.20 bits per heavy atom. The van der Waals surface area contributed by atoms with Gasteiger partial charge in [-0.05, 0) is 24.0 Å². The molecule has 20 heavy (non-hydrogen) atoms. The van der Waals surface area contributed by atoms with E-state index in [1.807, 2.05) is 31.2 Å². The van der Waals surface area contributed by atoms with Crippen LogP contribution >= 0.6 is 0 Å². The lowest BCUT2D eigenvalue weighted by Crippen LogP contribution is -2.45. The summed E-state index contributed by atoms with van der Waals surface area (Å²) in [5, 5.41) is 14.2. The van der Waals surface area contributed by atoms with Crippen LogP contribution in [0.1, 0.15) is 37.8 Å². The zero-order chi connectivity index (χ0) is 15.0. The van der Waals surface area contributed by atoms with Crippen molar-refractivity contribution in [2.24, 2.45) is 0 Å². The van der Waals surface area contributed by atoms with Crippen LogP contribution in [0.15, 0.2) is 24.3 Å². The first-order valence-corrected chi connectivity index (χ1v) is 6.92. The second kappa shape index (κ2) is 8.19. The van der Waals surface area contributed by atoms with E-state index in [4.69, 9.17) is 5.11 Å². The van der Waals surface area contributed by atoms with E-state index in [0.717, 1.165) is 12.0 Å². The van der Waals surface area contributed by atoms with Gasteiger partial charge in [0.15, 0.2) is 0 Å². The molecule has 5 nitrogen and oxygen atoms in total. The van der Waals surface area contributed by atoms with Crippen LogP contribution < -0.4 is 10.6 Å². The number of amides is 2. The average Bonchev–Trinajstić information content (AvgIpc) is 2.44. The van der Waals surface area contributed by atoms with Gasteiger partial charge in [-0.25, -0.2) is 9.59 Å². The smallest absolute Gasteiger partial charge is 0.326 e. The van der Waals surface area contributed by atoms with Gasteiger partial charge in [-0.1, -0.05) is 44.5 Å². The van der Waals surface area contributed by atoms with Crippen molar-refractivity contribution in [1.82, 2.24) is 10.6 Å². The normalized spacial score (nSPS) is 11.7. The van der Waals surface area contributed by atoms with Gasteiger partial charge in [0.25, 0.3) is 0 Å². The van der Waals surface area contributed by atoms with Gasteiger partial charge in [-0.15, -0.1) is 0 Å². The van der Waals surface area contributed by atoms with Crippen molar-refractivity contribution in [3.8, 4) is 0 Å². The molecule has 0 heterocycles. The molecule has 5 heteroatoms. The molecule has 0 unspecified atom stereocenters. The summed E-state index contributed by atoms with van der Waals surface area (Å²) in [6.07, 6.45) is 2.03. The zero-order valence-corrected chi connectivity index (χ0v) is 12.0. The highest BCUT2D eigenvalue weighted by atomic mass is 16.4. The molecular formula is C15H22N2O3. The van der Waals surface area contributed by atoms with Crippen molar-refractivity contribution < 1.29 is 14.7 Å². The number of carboxylic acids is 1. The van der Waals surface area contributed by atoms with Gasteiger partial charge >= 0.3 is 12.0 Å². The molecular weight excluding hydrogens is 256 g/mol. The van der Waals surface area contributed by atoms with E-state index in [1.165, 1.54) is 5.56 Å². The maximum Gasteiger partial charge on any atom is 0.326 e. The monoisotopic (exact) mass is 278 g/mol. The Bertz CT molecular complexity index is 460. The lowest BCUT2D eigenvalue weighted by atomic mass is 10.1. The number of rotatable bonds is 7. The Morgan fingerprint density at radius 2 is 1.85 bits per heavy atom. The number of aliphatic carboxylic acids is 1. The summed E-state index contributed by atoms with van der Waals surface area (Å²) in [6.45, 7) is 4.34. The van der Waals surface area contributed by atoms with Gasteiger partial charge in [-0.2, -0.15) is 0 Å². The fraction of sp³-hybridized carbons (Fsp3) is 0.467. The quantitative estimate of drug-likeness (QED) is 0.716. The Balaban J connectivity index is 2.52. The van der Waals surface area contributed by atoms with Crippen molar-refractivity contribution in [1.29, 1.82) is 0 Å². The Hall–Kier alpha value is -2.04. The summed E-state index contributed by atoms with van der Waals surface area (Å²) in [5.41, 5.74) is 2.23. The molecule has 0 aromatic heterocycles. The van der Waals surface area contributed by atoms with Crippen molar-refractivity contribution in [2.75, 3.05) is 0 Å². The number of carboxylic acid groups (broad SMARTS) is 1. The summed E-state index contributed by atoms with van der Waals surface area (Å²) < 4.78 is 0. The highest BCUT2D eigenvalue weighted by molar-refractivity contribution is 5.82. The van der Waals surface area contributed by atoms with Crippen LogP contribution in [0.2, 0.25) is 0 Å². The molecule has 3 N–H and O–H groups in total. The van der Waals surface area contributed by atoms with Crippen molar-refractivity contribution in [2.45, 2.75) is 45.7 Å². The predicted molar refractivity (Wildman–Crippen MR) is 77.5 cm³/mol. The molecule has 1 atom stereocenters. The molecule has 0 radical (unpaired) electrons. The van der Waals surface area contributed by atoms with Crippen LogP contribution in [0.4, 0.5) is 4.79 Å². The third-order valence-corrected chi connectivity index (χ3v) is 3.12. The minimum atomic E-state index is -1.00. The van der Waals surface area contributed by atoms with Gasteiger partial charge in [0, 0.05) is 6.54 Å². The SMILES string of the molecule is CCC[C@H](NC(=O)NCc1ccccc1CC)C(=O)O. The predicted octanol–water partition coefficient (Wildman–Crippen LogP) is 2.30. The maximum absolute atomic E-state index is 11.7. The molecule has 1 aromatic rings. The summed E-state index contributed by atoms with van der Waals surface area (Å²) in [7, 11) is 0. The second-order valence-electron chi connectivity index (χ2n) is 4.63. The minimum Gasteiger partial charge on any atom is -0.480 e. The fourth-order valence-corrected chi connectivity index (χ4v) is 2.01. The number of aryl methyl sites for hydroxylation is 1. The lowest BCUT2D eigenvalue weighted by Gasteiger charge is -2.15. The molecule has 0 aliphatic carbocycles. The number of hydrogen-bond donors (Lipinski definition) is 3. The molecule has 0 fully saturated rings. The summed E-state index contributed by atoms with van der Waals surface area (Å²) in [6, 6.07) is 6.58.